The van der Waals surface area contributed by atoms with Crippen molar-refractivity contribution >= 4 is 38.9 Å². The van der Waals surface area contributed by atoms with Crippen LogP contribution in [0, 0.1) is 16.7 Å². The summed E-state index contributed by atoms with van der Waals surface area (Å²) in [5.74, 6) is -2.11. The highest BCUT2D eigenvalue weighted by molar-refractivity contribution is 7.92. The first kappa shape index (κ1) is 28.6. The van der Waals surface area contributed by atoms with Crippen LogP contribution in [0.5, 0.6) is 0 Å². The first-order valence-electron chi connectivity index (χ1n) is 13.9. The van der Waals surface area contributed by atoms with Crippen LogP contribution in [0.3, 0.4) is 0 Å². The zero-order chi connectivity index (χ0) is 29.4. The number of alkyl halides is 3. The molecule has 222 valence electrons. The number of hydrogen-bond acceptors (Lipinski definition) is 7. The third-order valence-electron chi connectivity index (χ3n) is 9.47. The Hall–Kier alpha value is -2.56. The van der Waals surface area contributed by atoms with E-state index in [-0.39, 0.29) is 9.92 Å². The molecule has 2 saturated carbocycles. The summed E-state index contributed by atoms with van der Waals surface area (Å²) in [7, 11) is -4.24. The number of carbonyl (C=O) groups excluding carboxylic acids is 2. The number of nitrogens with zero attached hydrogens (tertiary/aromatic N) is 4. The Labute approximate surface area is 241 Å². The Balaban J connectivity index is 1.25. The van der Waals surface area contributed by atoms with Crippen LogP contribution >= 0.6 is 11.6 Å². The lowest BCUT2D eigenvalue weighted by Crippen LogP contribution is -2.53. The molecule has 3 atom stereocenters. The minimum absolute atomic E-state index is 0.0162. The summed E-state index contributed by atoms with van der Waals surface area (Å²) in [5.41, 5.74) is -2.96. The Morgan fingerprint density at radius 2 is 1.83 bits per heavy atom. The van der Waals surface area contributed by atoms with E-state index in [9.17, 15) is 36.4 Å². The molecule has 0 spiro atoms. The molecular formula is C27H31ClF3N5O4S. The topological polar surface area (TPSA) is 114 Å². The maximum Gasteiger partial charge on any atom is 0.403 e. The molecule has 6 rings (SSSR count). The number of piperazine rings is 1. The molecule has 1 aromatic rings. The number of amides is 2. The predicted octanol–water partition coefficient (Wildman–Crippen LogP) is 2.88. The highest BCUT2D eigenvalue weighted by Gasteiger charge is 2.70. The van der Waals surface area contributed by atoms with E-state index in [0.29, 0.717) is 18.9 Å². The fraction of sp³-hybridized carbons (Fsp3) is 0.667. The van der Waals surface area contributed by atoms with Gasteiger partial charge < -0.3 is 15.1 Å². The van der Waals surface area contributed by atoms with Gasteiger partial charge in [-0.15, -0.1) is 0 Å². The molecule has 3 heterocycles. The van der Waals surface area contributed by atoms with Crippen molar-refractivity contribution < 1.29 is 31.2 Å². The minimum atomic E-state index is -4.82. The quantitative estimate of drug-likeness (QED) is 0.525. The number of sulfone groups is 1. The maximum atomic E-state index is 13.8. The summed E-state index contributed by atoms with van der Waals surface area (Å²) in [6, 6.07) is 5.64. The van der Waals surface area contributed by atoms with E-state index in [2.05, 4.69) is 15.1 Å². The van der Waals surface area contributed by atoms with Gasteiger partial charge in [-0.3, -0.25) is 14.5 Å². The maximum absolute atomic E-state index is 13.8. The molecule has 3 aliphatic heterocycles. The number of rotatable bonds is 6. The van der Waals surface area contributed by atoms with E-state index in [1.165, 1.54) is 6.07 Å². The minimum Gasteiger partial charge on any atom is -0.369 e. The fourth-order valence-electron chi connectivity index (χ4n) is 6.55. The van der Waals surface area contributed by atoms with Crippen LogP contribution in [0.4, 0.5) is 18.9 Å². The molecule has 2 aliphatic carbocycles. The van der Waals surface area contributed by atoms with Gasteiger partial charge in [0.25, 0.3) is 0 Å². The lowest BCUT2D eigenvalue weighted by Gasteiger charge is -2.39. The first-order valence-corrected chi connectivity index (χ1v) is 15.9. The number of likely N-dealkylation sites (tertiary alicyclic amines) is 1. The molecule has 41 heavy (non-hydrogen) atoms. The monoisotopic (exact) mass is 613 g/mol. The van der Waals surface area contributed by atoms with Gasteiger partial charge in [-0.25, -0.2) is 8.42 Å². The zero-order valence-corrected chi connectivity index (χ0v) is 23.9. The largest absolute Gasteiger partial charge is 0.403 e. The zero-order valence-electron chi connectivity index (χ0n) is 22.3. The van der Waals surface area contributed by atoms with Crippen molar-refractivity contribution in [1.82, 2.24) is 15.1 Å². The van der Waals surface area contributed by atoms with Crippen LogP contribution in [0.15, 0.2) is 23.1 Å². The third-order valence-corrected chi connectivity index (χ3v) is 12.1. The van der Waals surface area contributed by atoms with Gasteiger partial charge in [-0.05, 0) is 69.7 Å². The van der Waals surface area contributed by atoms with Crippen molar-refractivity contribution in [1.29, 1.82) is 5.26 Å². The van der Waals surface area contributed by atoms with Gasteiger partial charge >= 0.3 is 6.18 Å². The van der Waals surface area contributed by atoms with Crippen LogP contribution < -0.4 is 10.2 Å². The smallest absolute Gasteiger partial charge is 0.369 e. The van der Waals surface area contributed by atoms with E-state index in [4.69, 9.17) is 11.6 Å². The van der Waals surface area contributed by atoms with Gasteiger partial charge in [0.05, 0.1) is 21.2 Å². The summed E-state index contributed by atoms with van der Waals surface area (Å²) >= 11 is 6.52. The lowest BCUT2D eigenvalue weighted by molar-refractivity contribution is -0.199. The molecule has 2 amide bonds. The fourth-order valence-corrected chi connectivity index (χ4v) is 8.78. The van der Waals surface area contributed by atoms with Crippen LogP contribution in [-0.4, -0.2) is 91.8 Å². The molecule has 14 heteroatoms. The Kier molecular flexibility index (Phi) is 6.78. The molecule has 9 nitrogen and oxygen atoms in total. The van der Waals surface area contributed by atoms with Crippen molar-refractivity contribution in [2.45, 2.75) is 78.9 Å². The highest BCUT2D eigenvalue weighted by Crippen LogP contribution is 2.59. The van der Waals surface area contributed by atoms with E-state index < -0.39 is 75.9 Å². The van der Waals surface area contributed by atoms with E-state index in [1.54, 1.807) is 12.1 Å². The predicted molar refractivity (Wildman–Crippen MR) is 143 cm³/mol. The van der Waals surface area contributed by atoms with Gasteiger partial charge in [0.2, 0.25) is 11.8 Å². The number of nitrogens with one attached hydrogen (secondary N) is 1. The number of carbonyl (C=O) groups is 2. The SMILES string of the molecule is N#CC1(NC(=O)[C@@H]2C[C@@H](S(=O)(=O)c3ccc(N4CCN5CCC[C@H]5C4)cc3Cl)CN2C(=O)C2(C(F)(F)F)CC2)CC1. The number of hydrogen-bond donors (Lipinski definition) is 1. The van der Waals surface area contributed by atoms with Gasteiger partial charge in [-0.1, -0.05) is 11.6 Å². The van der Waals surface area contributed by atoms with Crippen LogP contribution in [0.1, 0.15) is 44.9 Å². The molecule has 5 fully saturated rings. The molecule has 1 N–H and O–H groups in total. The van der Waals surface area contributed by atoms with Crippen LogP contribution in [-0.2, 0) is 19.4 Å². The van der Waals surface area contributed by atoms with Crippen LogP contribution in [0.25, 0.3) is 0 Å². The number of anilines is 1. The molecule has 0 bridgehead atoms. The third kappa shape index (κ3) is 4.85. The molecule has 0 aromatic heterocycles. The summed E-state index contributed by atoms with van der Waals surface area (Å²) in [6.45, 7) is 3.01. The second-order valence-corrected chi connectivity index (χ2v) is 14.6. The van der Waals surface area contributed by atoms with Crippen LogP contribution in [0.2, 0.25) is 5.02 Å². The van der Waals surface area contributed by atoms with Crippen molar-refractivity contribution in [2.75, 3.05) is 37.6 Å². The van der Waals surface area contributed by atoms with Gasteiger partial charge in [0.15, 0.2) is 9.84 Å². The number of fused-ring (bicyclic) bond motifs is 1. The van der Waals surface area contributed by atoms with E-state index in [0.717, 1.165) is 49.6 Å². The highest BCUT2D eigenvalue weighted by atomic mass is 35.5. The number of halogens is 4. The van der Waals surface area contributed by atoms with Crippen molar-refractivity contribution in [3.05, 3.63) is 23.2 Å². The Bertz CT molecular complexity index is 1420. The summed E-state index contributed by atoms with van der Waals surface area (Å²) < 4.78 is 69.1. The second kappa shape index (κ2) is 9.74. The number of benzene rings is 1. The van der Waals surface area contributed by atoms with Gasteiger partial charge in [0.1, 0.15) is 17.0 Å². The summed E-state index contributed by atoms with van der Waals surface area (Å²) in [6.07, 6.45) is -3.04. The Morgan fingerprint density at radius 3 is 2.44 bits per heavy atom. The van der Waals surface area contributed by atoms with Crippen molar-refractivity contribution in [2.24, 2.45) is 5.41 Å². The molecular weight excluding hydrogens is 583 g/mol. The standard InChI is InChI=1S/C27H31ClF3N5O4S/c28-20-12-17(35-11-10-34-9-1-2-18(34)14-35)3-4-22(20)41(39,40)19-13-21(23(37)33-25(16-32)5-6-25)36(15-19)24(38)26(7-8-26)27(29,30)31/h3-4,12,18-19,21H,1-2,5-11,13-15H2,(H,33,37)/t18-,19+,21-/m0/s1. The molecule has 5 aliphatic rings. The van der Waals surface area contributed by atoms with Crippen molar-refractivity contribution in [3.8, 4) is 6.07 Å². The summed E-state index contributed by atoms with van der Waals surface area (Å²) in [4.78, 5) is 31.6. The summed E-state index contributed by atoms with van der Waals surface area (Å²) in [5, 5.41) is 10.6. The lowest BCUT2D eigenvalue weighted by atomic mass is 10.0. The van der Waals surface area contributed by atoms with Crippen molar-refractivity contribution in [3.63, 3.8) is 0 Å². The average molecular weight is 614 g/mol. The normalized spacial score (nSPS) is 28.6. The molecule has 0 radical (unpaired) electrons. The Morgan fingerprint density at radius 1 is 1.10 bits per heavy atom. The van der Waals surface area contributed by atoms with Gasteiger partial charge in [0, 0.05) is 37.9 Å². The number of nitriles is 1. The molecule has 0 unspecified atom stereocenters. The van der Waals surface area contributed by atoms with E-state index >= 15 is 0 Å². The van der Waals surface area contributed by atoms with Gasteiger partial charge in [-0.2, -0.15) is 18.4 Å². The average Bonchev–Trinajstić information content (AvgIpc) is 3.80. The first-order chi connectivity index (χ1) is 19.3. The molecule has 1 aromatic carbocycles. The molecule has 3 saturated heterocycles. The second-order valence-electron chi connectivity index (χ2n) is 12.0. The van der Waals surface area contributed by atoms with E-state index in [1.807, 2.05) is 6.07 Å².